The van der Waals surface area contributed by atoms with E-state index in [1.165, 1.54) is 175 Å². The molecule has 14 aromatic carbocycles. The van der Waals surface area contributed by atoms with E-state index in [1.807, 2.05) is 0 Å². The summed E-state index contributed by atoms with van der Waals surface area (Å²) in [6.45, 7) is 17.8. The van der Waals surface area contributed by atoms with Crippen molar-refractivity contribution in [2.45, 2.75) is 133 Å². The van der Waals surface area contributed by atoms with Gasteiger partial charge in [0.15, 0.2) is 0 Å². The monoisotopic (exact) mass is 1490 g/mol. The SMILES string of the molecule is C[C@@H]1C[C@H]2CCC[C@@H](C1)C21c2ccccc2C(C)(C)c2ccc(N(c3ccc(-c4ccccc4)cc3)c3ccc(-c4ccc(-c5ccc(N(c6ccc(-c7ccccc7-n7c8ccccc8c8ccccc87)cc6)c6ccc7c(c6)[C@]6(C)[C@H]8CC9C[C@@H](C)CC(C8)C96c6ccccc6C7(C)C)cc5)cc4)cc3-c3ccccc3)cc21. The molecule has 0 N–H and O–H groups in total. The molecule has 0 amide bonds. The number of anilines is 6. The summed E-state index contributed by atoms with van der Waals surface area (Å²) in [5, 5.41) is 2.53. The Morgan fingerprint density at radius 2 is 0.670 bits per heavy atom. The van der Waals surface area contributed by atoms with Gasteiger partial charge in [0.25, 0.3) is 0 Å². The zero-order valence-electron chi connectivity index (χ0n) is 67.5. The predicted molar refractivity (Wildman–Crippen MR) is 482 cm³/mol. The summed E-state index contributed by atoms with van der Waals surface area (Å²) in [5.74, 6) is 4.62. The molecule has 7 atom stereocenters. The minimum Gasteiger partial charge on any atom is -0.310 e. The lowest BCUT2D eigenvalue weighted by Crippen LogP contribution is -2.54. The van der Waals surface area contributed by atoms with E-state index >= 15 is 0 Å². The van der Waals surface area contributed by atoms with Crippen LogP contribution in [0.15, 0.2) is 334 Å². The maximum absolute atomic E-state index is 2.74. The molecular weight excluding hydrogens is 1390 g/mol. The van der Waals surface area contributed by atoms with Gasteiger partial charge >= 0.3 is 0 Å². The molecule has 5 saturated carbocycles. The number of hydrogen-bond acceptors (Lipinski definition) is 2. The predicted octanol–water partition coefficient (Wildman–Crippen LogP) is 29.8. The molecule has 3 nitrogen and oxygen atoms in total. The number of benzene rings is 14. The Morgan fingerprint density at radius 1 is 0.278 bits per heavy atom. The fourth-order valence-corrected chi connectivity index (χ4v) is 25.9. The molecule has 1 aromatic heterocycles. The summed E-state index contributed by atoms with van der Waals surface area (Å²) in [6, 6.07) is 128. The zero-order chi connectivity index (χ0) is 77.3. The fourth-order valence-electron chi connectivity index (χ4n) is 25.9. The van der Waals surface area contributed by atoms with E-state index < -0.39 is 0 Å². The molecule has 5 fully saturated rings. The van der Waals surface area contributed by atoms with Crippen molar-refractivity contribution in [1.82, 2.24) is 4.57 Å². The first kappa shape index (κ1) is 70.1. The summed E-state index contributed by atoms with van der Waals surface area (Å²) in [6.07, 6.45) is 11.7. The molecule has 1 heterocycles. The van der Waals surface area contributed by atoms with Crippen LogP contribution in [0, 0.1) is 41.4 Å². The molecular formula is C112H101N3. The quantitative estimate of drug-likeness (QED) is 0.121. The Bertz CT molecular complexity index is 6210. The molecule has 15 aromatic rings. The van der Waals surface area contributed by atoms with Crippen molar-refractivity contribution >= 4 is 55.9 Å². The molecule has 115 heavy (non-hydrogen) atoms. The molecule has 3 unspecified atom stereocenters. The summed E-state index contributed by atoms with van der Waals surface area (Å²) in [5.41, 5.74) is 34.6. The fraction of sp³-hybridized carbons (Fsp3) is 0.250. The lowest BCUT2D eigenvalue weighted by atomic mass is 9.43. The summed E-state index contributed by atoms with van der Waals surface area (Å²) < 4.78 is 2.46. The van der Waals surface area contributed by atoms with Gasteiger partial charge in [0, 0.05) is 77.4 Å². The third-order valence-electron chi connectivity index (χ3n) is 30.6. The number of fused-ring (bicyclic) bond motifs is 7. The summed E-state index contributed by atoms with van der Waals surface area (Å²) in [7, 11) is 0. The maximum Gasteiger partial charge on any atom is 0.0541 e. The lowest BCUT2D eigenvalue weighted by Gasteiger charge is -2.60. The van der Waals surface area contributed by atoms with E-state index in [2.05, 4.69) is 396 Å². The average molecular weight is 1490 g/mol. The third-order valence-corrected chi connectivity index (χ3v) is 30.6. The van der Waals surface area contributed by atoms with Crippen LogP contribution in [0.2, 0.25) is 0 Å². The molecule has 3 heteroatoms. The van der Waals surface area contributed by atoms with Crippen molar-refractivity contribution in [3.8, 4) is 61.3 Å². The standard InChI is InChI=1S/C112H101N3/c1-72-63-82-29-24-30-83(64-72)111(82)100-36-19-17-34-96(100)108(3,4)99-61-59-91(71-103(99)111)114(89-54-47-76(48-55-89)74-25-10-8-11-26-74)107-62-51-81(67-95(107)79-27-12-9-13-28-79)78-43-41-75(42-44-78)77-45-52-87(53-46-77)113(88-56-49-80(50-57-88)92-31-14-21-38-104(92)115-105-39-22-15-32-93(105)94-33-16-23-40-106(94)115)90-58-60-98-102(70-90)110(7)84-68-85-65-73(2)66-86(69-84)112(85,110)101-37-20-18-35-97(101)109(98,5)6/h8-23,25-28,31-62,67,70-73,82-86H,24,29-30,63-66,68-69H2,1-7H3/t72-,73-,82-,83+,84+,85?,86?,110-,111?,112?/m0/s1. The Kier molecular flexibility index (Phi) is 16.2. The first-order valence-electron chi connectivity index (χ1n) is 43.0. The Morgan fingerprint density at radius 3 is 1.25 bits per heavy atom. The van der Waals surface area contributed by atoms with Crippen LogP contribution in [0.3, 0.4) is 0 Å². The lowest BCUT2D eigenvalue weighted by molar-refractivity contribution is 0.0488. The average Bonchev–Trinajstić information content (AvgIpc) is 1.49. The Hall–Kier alpha value is -11.5. The van der Waals surface area contributed by atoms with Crippen molar-refractivity contribution in [3.05, 3.63) is 378 Å². The maximum atomic E-state index is 2.74. The van der Waals surface area contributed by atoms with Crippen LogP contribution < -0.4 is 9.80 Å². The molecule has 0 saturated heterocycles. The molecule has 7 aliphatic carbocycles. The van der Waals surface area contributed by atoms with Crippen LogP contribution in [-0.2, 0) is 27.1 Å². The van der Waals surface area contributed by atoms with E-state index in [4.69, 9.17) is 0 Å². The van der Waals surface area contributed by atoms with Crippen molar-refractivity contribution in [2.75, 3.05) is 9.80 Å². The highest BCUT2D eigenvalue weighted by Crippen LogP contribution is 2.78. The van der Waals surface area contributed by atoms with Crippen LogP contribution in [-0.4, -0.2) is 4.57 Å². The molecule has 2 spiro atoms. The van der Waals surface area contributed by atoms with Gasteiger partial charge in [0.05, 0.1) is 22.4 Å². The number of aromatic nitrogens is 1. The van der Waals surface area contributed by atoms with Gasteiger partial charge < -0.3 is 14.4 Å². The van der Waals surface area contributed by atoms with Crippen molar-refractivity contribution in [1.29, 1.82) is 0 Å². The van der Waals surface area contributed by atoms with Crippen LogP contribution in [0.1, 0.15) is 151 Å². The second-order valence-electron chi connectivity index (χ2n) is 37.0. The highest BCUT2D eigenvalue weighted by atomic mass is 15.2. The van der Waals surface area contributed by atoms with E-state index in [9.17, 15) is 0 Å². The van der Waals surface area contributed by atoms with Crippen molar-refractivity contribution in [2.24, 2.45) is 41.4 Å². The van der Waals surface area contributed by atoms with Gasteiger partial charge in [0.1, 0.15) is 0 Å². The normalized spacial score (nSPS) is 24.1. The molecule has 564 valence electrons. The molecule has 7 aliphatic rings. The number of rotatable bonds is 12. The largest absolute Gasteiger partial charge is 0.310 e. The number of nitrogens with zero attached hydrogens (tertiary/aromatic N) is 3. The Labute approximate surface area is 680 Å². The van der Waals surface area contributed by atoms with Gasteiger partial charge in [-0.25, -0.2) is 0 Å². The molecule has 0 aliphatic heterocycles. The van der Waals surface area contributed by atoms with Crippen LogP contribution in [0.5, 0.6) is 0 Å². The zero-order valence-corrected chi connectivity index (χ0v) is 67.5. The van der Waals surface area contributed by atoms with E-state index in [1.54, 1.807) is 22.3 Å². The van der Waals surface area contributed by atoms with E-state index in [-0.39, 0.29) is 27.1 Å². The molecule has 0 radical (unpaired) electrons. The van der Waals surface area contributed by atoms with Gasteiger partial charge in [-0.15, -0.1) is 0 Å². The first-order chi connectivity index (χ1) is 56.2. The summed E-state index contributed by atoms with van der Waals surface area (Å²) >= 11 is 0. The molecule has 22 rings (SSSR count). The van der Waals surface area contributed by atoms with Gasteiger partial charge in [-0.1, -0.05) is 298 Å². The van der Waals surface area contributed by atoms with Gasteiger partial charge in [0.2, 0.25) is 0 Å². The van der Waals surface area contributed by atoms with Crippen LogP contribution >= 0.6 is 0 Å². The minimum absolute atomic E-state index is 0.0218. The van der Waals surface area contributed by atoms with Crippen LogP contribution in [0.25, 0.3) is 83.1 Å². The second-order valence-corrected chi connectivity index (χ2v) is 37.0. The van der Waals surface area contributed by atoms with Crippen LogP contribution in [0.4, 0.5) is 34.1 Å². The van der Waals surface area contributed by atoms with Gasteiger partial charge in [-0.2, -0.15) is 0 Å². The Balaban J connectivity index is 0.646. The smallest absolute Gasteiger partial charge is 0.0541 e. The highest BCUT2D eigenvalue weighted by Gasteiger charge is 2.74. The van der Waals surface area contributed by atoms with E-state index in [0.717, 1.165) is 34.6 Å². The van der Waals surface area contributed by atoms with Crippen molar-refractivity contribution < 1.29 is 0 Å². The third kappa shape index (κ3) is 10.4. The topological polar surface area (TPSA) is 11.4 Å². The van der Waals surface area contributed by atoms with Gasteiger partial charge in [-0.05, 0) is 273 Å². The van der Waals surface area contributed by atoms with E-state index in [0.29, 0.717) is 29.6 Å². The first-order valence-corrected chi connectivity index (χ1v) is 43.0. The molecule has 4 bridgehead atoms. The second kappa shape index (κ2) is 26.5. The minimum atomic E-state index is -0.183. The van der Waals surface area contributed by atoms with Crippen molar-refractivity contribution in [3.63, 3.8) is 0 Å². The highest BCUT2D eigenvalue weighted by molar-refractivity contribution is 6.10. The van der Waals surface area contributed by atoms with Gasteiger partial charge in [-0.3, -0.25) is 0 Å². The number of para-hydroxylation sites is 3. The number of hydrogen-bond donors (Lipinski definition) is 0. The summed E-state index contributed by atoms with van der Waals surface area (Å²) in [4.78, 5) is 5.15.